The number of aliphatic hydroxyl groups is 2. The van der Waals surface area contributed by atoms with E-state index in [1.54, 1.807) is 6.92 Å². The summed E-state index contributed by atoms with van der Waals surface area (Å²) in [5.41, 5.74) is -0.834. The van der Waals surface area contributed by atoms with Gasteiger partial charge in [-0.05, 0) is 0 Å². The van der Waals surface area contributed by atoms with Crippen LogP contribution in [0.25, 0.3) is 0 Å². The highest BCUT2D eigenvalue weighted by Crippen LogP contribution is 2.40. The minimum absolute atomic E-state index is 0.200. The molecule has 92 valence electrons. The molecule has 0 saturated carbocycles. The Morgan fingerprint density at radius 3 is 2.88 bits per heavy atom. The van der Waals surface area contributed by atoms with Crippen molar-refractivity contribution in [1.82, 2.24) is 5.32 Å². The van der Waals surface area contributed by atoms with Crippen molar-refractivity contribution in [2.75, 3.05) is 13.2 Å². The van der Waals surface area contributed by atoms with Gasteiger partial charge < -0.3 is 25.0 Å². The van der Waals surface area contributed by atoms with Crippen LogP contribution < -0.4 is 5.32 Å². The minimum Gasteiger partial charge on any atom is -0.393 e. The molecule has 2 fully saturated rings. The molecular weight excluding hydrogens is 214 g/mol. The fourth-order valence-electron chi connectivity index (χ4n) is 2.34. The van der Waals surface area contributed by atoms with Gasteiger partial charge in [0.05, 0.1) is 19.3 Å². The third kappa shape index (κ3) is 1.62. The van der Waals surface area contributed by atoms with E-state index < -0.39 is 24.0 Å². The molecule has 0 aromatic heterocycles. The van der Waals surface area contributed by atoms with Crippen molar-refractivity contribution < 1.29 is 24.5 Å². The summed E-state index contributed by atoms with van der Waals surface area (Å²) in [5, 5.41) is 22.0. The van der Waals surface area contributed by atoms with Crippen LogP contribution in [-0.4, -0.2) is 53.4 Å². The Hall–Kier alpha value is -0.690. The molecule has 1 amide bonds. The number of hydrogen-bond donors (Lipinski definition) is 3. The zero-order chi connectivity index (χ0) is 11.9. The number of nitrogens with one attached hydrogen (secondary N) is 1. The molecule has 0 spiro atoms. The largest absolute Gasteiger partial charge is 0.393 e. The molecule has 3 N–H and O–H groups in total. The van der Waals surface area contributed by atoms with Gasteiger partial charge in [0.2, 0.25) is 5.91 Å². The van der Waals surface area contributed by atoms with Gasteiger partial charge in [0.25, 0.3) is 0 Å². The third-order valence-electron chi connectivity index (χ3n) is 3.48. The summed E-state index contributed by atoms with van der Waals surface area (Å²) < 4.78 is 11.0. The maximum atomic E-state index is 11.0. The number of aliphatic hydroxyl groups excluding tert-OH is 2. The lowest BCUT2D eigenvalue weighted by molar-refractivity contribution is -0.209. The molecule has 6 nitrogen and oxygen atoms in total. The second-order valence-electron chi connectivity index (χ2n) is 4.53. The van der Waals surface area contributed by atoms with Crippen LogP contribution in [0.3, 0.4) is 0 Å². The van der Waals surface area contributed by atoms with Crippen LogP contribution in [0.4, 0.5) is 0 Å². The topological polar surface area (TPSA) is 88.0 Å². The van der Waals surface area contributed by atoms with Gasteiger partial charge >= 0.3 is 0 Å². The van der Waals surface area contributed by atoms with Gasteiger partial charge in [0.1, 0.15) is 11.6 Å². The monoisotopic (exact) mass is 231 g/mol. The molecular formula is C10H17NO5. The average molecular weight is 231 g/mol. The lowest BCUT2D eigenvalue weighted by Crippen LogP contribution is -2.62. The van der Waals surface area contributed by atoms with Crippen molar-refractivity contribution in [3.05, 3.63) is 0 Å². The van der Waals surface area contributed by atoms with Crippen molar-refractivity contribution >= 4 is 5.91 Å². The Balaban J connectivity index is 2.19. The van der Waals surface area contributed by atoms with Crippen LogP contribution >= 0.6 is 0 Å². The fourth-order valence-corrected chi connectivity index (χ4v) is 2.34. The first-order valence-electron chi connectivity index (χ1n) is 5.35. The van der Waals surface area contributed by atoms with E-state index in [1.807, 2.05) is 0 Å². The molecule has 2 heterocycles. The van der Waals surface area contributed by atoms with Gasteiger partial charge in [-0.25, -0.2) is 0 Å². The maximum absolute atomic E-state index is 11.0. The maximum Gasteiger partial charge on any atom is 0.217 e. The molecule has 0 aromatic rings. The SMILES string of the molecule is CC(=O)N[C@H]1[C@H]2OC[C@](CO)(O2)[C@H](C)[C@@H]1O. The van der Waals surface area contributed by atoms with E-state index in [1.165, 1.54) is 6.92 Å². The molecule has 6 heteroatoms. The van der Waals surface area contributed by atoms with Crippen molar-refractivity contribution in [3.63, 3.8) is 0 Å². The van der Waals surface area contributed by atoms with E-state index in [-0.39, 0.29) is 25.0 Å². The van der Waals surface area contributed by atoms with E-state index >= 15 is 0 Å². The van der Waals surface area contributed by atoms with Gasteiger partial charge in [-0.2, -0.15) is 0 Å². The van der Waals surface area contributed by atoms with E-state index in [9.17, 15) is 15.0 Å². The molecule has 2 saturated heterocycles. The average Bonchev–Trinajstić information content (AvgIpc) is 2.65. The molecule has 0 aromatic carbocycles. The fraction of sp³-hybridized carbons (Fsp3) is 0.900. The summed E-state index contributed by atoms with van der Waals surface area (Å²) in [7, 11) is 0. The number of carbonyl (C=O) groups is 1. The van der Waals surface area contributed by atoms with Crippen molar-refractivity contribution in [3.8, 4) is 0 Å². The summed E-state index contributed by atoms with van der Waals surface area (Å²) in [6.07, 6.45) is -1.46. The van der Waals surface area contributed by atoms with Crippen LogP contribution in [0.1, 0.15) is 13.8 Å². The van der Waals surface area contributed by atoms with Crippen molar-refractivity contribution in [2.45, 2.75) is 37.9 Å². The second-order valence-corrected chi connectivity index (χ2v) is 4.53. The normalized spacial score (nSPS) is 46.8. The van der Waals surface area contributed by atoms with Gasteiger partial charge in [-0.1, -0.05) is 6.92 Å². The van der Waals surface area contributed by atoms with Crippen LogP contribution in [-0.2, 0) is 14.3 Å². The lowest BCUT2D eigenvalue weighted by Gasteiger charge is -2.43. The Bertz CT molecular complexity index is 297. The van der Waals surface area contributed by atoms with E-state index in [0.717, 1.165) is 0 Å². The molecule has 0 radical (unpaired) electrons. The van der Waals surface area contributed by atoms with Crippen molar-refractivity contribution in [2.24, 2.45) is 5.92 Å². The number of hydrogen-bond acceptors (Lipinski definition) is 5. The molecule has 2 rings (SSSR count). The first-order valence-corrected chi connectivity index (χ1v) is 5.35. The summed E-state index contributed by atoms with van der Waals surface area (Å²) in [4.78, 5) is 11.0. The summed E-state index contributed by atoms with van der Waals surface area (Å²) >= 11 is 0. The zero-order valence-corrected chi connectivity index (χ0v) is 9.34. The summed E-state index contributed by atoms with van der Waals surface area (Å²) in [6.45, 7) is 3.19. The minimum atomic E-state index is -0.834. The molecule has 2 bridgehead atoms. The number of amides is 1. The summed E-state index contributed by atoms with van der Waals surface area (Å²) in [5.74, 6) is -0.542. The van der Waals surface area contributed by atoms with Crippen LogP contribution in [0, 0.1) is 5.92 Å². The van der Waals surface area contributed by atoms with Gasteiger partial charge in [0.15, 0.2) is 6.29 Å². The predicted octanol–water partition coefficient (Wildman–Crippen LogP) is -1.39. The Kier molecular flexibility index (Phi) is 2.91. The third-order valence-corrected chi connectivity index (χ3v) is 3.48. The first kappa shape index (κ1) is 11.8. The van der Waals surface area contributed by atoms with Gasteiger partial charge in [-0.15, -0.1) is 0 Å². The van der Waals surface area contributed by atoms with Crippen LogP contribution in [0.5, 0.6) is 0 Å². The lowest BCUT2D eigenvalue weighted by atomic mass is 9.81. The number of ether oxygens (including phenoxy) is 2. The number of carbonyl (C=O) groups excluding carboxylic acids is 1. The summed E-state index contributed by atoms with van der Waals surface area (Å²) in [6, 6.07) is -0.574. The first-order chi connectivity index (χ1) is 7.50. The zero-order valence-electron chi connectivity index (χ0n) is 9.34. The molecule has 2 aliphatic heterocycles. The Labute approximate surface area is 93.5 Å². The Morgan fingerprint density at radius 2 is 2.31 bits per heavy atom. The smallest absolute Gasteiger partial charge is 0.217 e. The highest BCUT2D eigenvalue weighted by atomic mass is 16.7. The van der Waals surface area contributed by atoms with E-state index in [4.69, 9.17) is 9.47 Å². The highest BCUT2D eigenvalue weighted by Gasteiger charge is 2.57. The molecule has 0 aliphatic carbocycles. The molecule has 5 atom stereocenters. The van der Waals surface area contributed by atoms with Gasteiger partial charge in [-0.3, -0.25) is 4.79 Å². The molecule has 16 heavy (non-hydrogen) atoms. The van der Waals surface area contributed by atoms with Crippen LogP contribution in [0.15, 0.2) is 0 Å². The second kappa shape index (κ2) is 3.96. The Morgan fingerprint density at radius 1 is 1.62 bits per heavy atom. The van der Waals surface area contributed by atoms with Crippen molar-refractivity contribution in [1.29, 1.82) is 0 Å². The van der Waals surface area contributed by atoms with Crippen LogP contribution in [0.2, 0.25) is 0 Å². The highest BCUT2D eigenvalue weighted by molar-refractivity contribution is 5.73. The quantitative estimate of drug-likeness (QED) is 0.544. The van der Waals surface area contributed by atoms with Gasteiger partial charge in [0, 0.05) is 12.8 Å². The number of fused-ring (bicyclic) bond motifs is 2. The molecule has 2 aliphatic rings. The van der Waals surface area contributed by atoms with E-state index in [0.29, 0.717) is 0 Å². The van der Waals surface area contributed by atoms with E-state index in [2.05, 4.69) is 5.32 Å². The molecule has 0 unspecified atom stereocenters. The standard InChI is InChI=1S/C10H17NO5/c1-5-8(14)7(11-6(2)13)9-15-4-10(5,3-12)16-9/h5,7-9,12,14H,3-4H2,1-2H3,(H,11,13)/t5-,7-,8+,9+,10+/m1/s1. The number of rotatable bonds is 2. The predicted molar refractivity (Wildman–Crippen MR) is 53.4 cm³/mol.